The maximum atomic E-state index is 9.50. The summed E-state index contributed by atoms with van der Waals surface area (Å²) in [4.78, 5) is 4.38. The maximum Gasteiger partial charge on any atom is 0.0491 e. The number of halogens is 1. The predicted molar refractivity (Wildman–Crippen MR) is 63.6 cm³/mol. The molecule has 0 atom stereocenters. The highest BCUT2D eigenvalue weighted by atomic mass is 79.9. The Morgan fingerprint density at radius 3 is 2.60 bits per heavy atom. The molecule has 1 N–H and O–H groups in total. The molecular weight excluding hydrogens is 254 g/mol. The molecule has 1 heterocycles. The van der Waals surface area contributed by atoms with E-state index in [1.54, 1.807) is 0 Å². The Hall–Kier alpha value is -0.410. The van der Waals surface area contributed by atoms with Crippen LogP contribution in [0.15, 0.2) is 22.8 Å². The number of aliphatic hydroxyl groups excluding tert-OH is 1. The van der Waals surface area contributed by atoms with Gasteiger partial charge in [0.15, 0.2) is 0 Å². The van der Waals surface area contributed by atoms with Gasteiger partial charge in [-0.25, -0.2) is 0 Å². The van der Waals surface area contributed by atoms with Crippen molar-refractivity contribution >= 4 is 15.9 Å². The van der Waals surface area contributed by atoms with E-state index in [-0.39, 0.29) is 5.41 Å². The molecule has 0 amide bonds. The minimum absolute atomic E-state index is 0.112. The van der Waals surface area contributed by atoms with Crippen LogP contribution in [0.4, 0.5) is 0 Å². The van der Waals surface area contributed by atoms with Crippen LogP contribution in [-0.4, -0.2) is 16.7 Å². The molecule has 15 heavy (non-hydrogen) atoms. The number of aromatic nitrogens is 1. The summed E-state index contributed by atoms with van der Waals surface area (Å²) in [7, 11) is 0. The number of hydrogen-bond donors (Lipinski definition) is 1. The molecule has 0 aliphatic heterocycles. The molecule has 0 aromatic carbocycles. The van der Waals surface area contributed by atoms with Crippen LogP contribution in [0.1, 0.15) is 31.4 Å². The summed E-state index contributed by atoms with van der Waals surface area (Å²) in [5.41, 5.74) is 1.20. The van der Waals surface area contributed by atoms with Gasteiger partial charge in [0.2, 0.25) is 0 Å². The summed E-state index contributed by atoms with van der Waals surface area (Å²) < 4.78 is 1.01. The van der Waals surface area contributed by atoms with Crippen molar-refractivity contribution in [2.75, 3.05) is 6.61 Å². The zero-order chi connectivity index (χ0) is 10.7. The highest BCUT2D eigenvalue weighted by Crippen LogP contribution is 2.40. The summed E-state index contributed by atoms with van der Waals surface area (Å²) >= 11 is 3.38. The van der Waals surface area contributed by atoms with E-state index in [1.165, 1.54) is 12.8 Å². The van der Waals surface area contributed by atoms with Crippen LogP contribution in [0.25, 0.3) is 0 Å². The van der Waals surface area contributed by atoms with E-state index in [4.69, 9.17) is 0 Å². The van der Waals surface area contributed by atoms with Crippen molar-refractivity contribution < 1.29 is 5.11 Å². The fourth-order valence-electron chi connectivity index (χ4n) is 2.41. The van der Waals surface area contributed by atoms with Gasteiger partial charge in [-0.1, -0.05) is 12.8 Å². The largest absolute Gasteiger partial charge is 0.396 e. The average molecular weight is 270 g/mol. The Morgan fingerprint density at radius 1 is 1.33 bits per heavy atom. The molecule has 1 saturated carbocycles. The lowest BCUT2D eigenvalue weighted by Crippen LogP contribution is -2.24. The minimum atomic E-state index is 0.112. The topological polar surface area (TPSA) is 33.1 Å². The second-order valence-corrected chi connectivity index (χ2v) is 5.43. The quantitative estimate of drug-likeness (QED) is 0.916. The lowest BCUT2D eigenvalue weighted by molar-refractivity contribution is 0.129. The third kappa shape index (κ3) is 2.58. The van der Waals surface area contributed by atoms with Crippen LogP contribution in [-0.2, 0) is 6.42 Å². The van der Waals surface area contributed by atoms with Crippen molar-refractivity contribution in [2.24, 2.45) is 5.41 Å². The number of nitrogens with zero attached hydrogens (tertiary/aromatic N) is 1. The van der Waals surface area contributed by atoms with E-state index in [2.05, 4.69) is 20.9 Å². The van der Waals surface area contributed by atoms with Gasteiger partial charge in [-0.3, -0.25) is 4.98 Å². The third-order valence-corrected chi connectivity index (χ3v) is 3.81. The molecule has 0 radical (unpaired) electrons. The smallest absolute Gasteiger partial charge is 0.0491 e. The van der Waals surface area contributed by atoms with Gasteiger partial charge in [-0.2, -0.15) is 0 Å². The number of pyridine rings is 1. The Bertz CT molecular complexity index is 317. The van der Waals surface area contributed by atoms with Crippen LogP contribution in [0, 0.1) is 5.41 Å². The summed E-state index contributed by atoms with van der Waals surface area (Å²) in [6, 6.07) is 4.06. The third-order valence-electron chi connectivity index (χ3n) is 3.34. The van der Waals surface area contributed by atoms with Crippen LogP contribution in [0.3, 0.4) is 0 Å². The van der Waals surface area contributed by atoms with E-state index >= 15 is 0 Å². The molecule has 3 heteroatoms. The first kappa shape index (κ1) is 11.1. The van der Waals surface area contributed by atoms with Crippen LogP contribution in [0.5, 0.6) is 0 Å². The zero-order valence-corrected chi connectivity index (χ0v) is 10.3. The van der Waals surface area contributed by atoms with Crippen molar-refractivity contribution in [1.82, 2.24) is 4.98 Å². The molecule has 1 aliphatic rings. The van der Waals surface area contributed by atoms with Crippen LogP contribution >= 0.6 is 15.9 Å². The van der Waals surface area contributed by atoms with Crippen molar-refractivity contribution in [3.63, 3.8) is 0 Å². The minimum Gasteiger partial charge on any atom is -0.396 e. The van der Waals surface area contributed by atoms with Crippen LogP contribution in [0.2, 0.25) is 0 Å². The number of aliphatic hydroxyl groups is 1. The maximum absolute atomic E-state index is 9.50. The SMILES string of the molecule is OCC1(Cc2ccc(Br)cn2)CCCC1. The van der Waals surface area contributed by atoms with Gasteiger partial charge in [-0.15, -0.1) is 0 Å². The van der Waals surface area contributed by atoms with Gasteiger partial charge in [0.1, 0.15) is 0 Å². The summed E-state index contributed by atoms with van der Waals surface area (Å²) in [5, 5.41) is 9.50. The number of rotatable bonds is 3. The molecule has 82 valence electrons. The summed E-state index contributed by atoms with van der Waals surface area (Å²) in [5.74, 6) is 0. The van der Waals surface area contributed by atoms with Crippen LogP contribution < -0.4 is 0 Å². The summed E-state index contributed by atoms with van der Waals surface area (Å²) in [6.45, 7) is 0.296. The van der Waals surface area contributed by atoms with Gasteiger partial charge in [0.25, 0.3) is 0 Å². The Labute approximate surface area is 98.9 Å². The van der Waals surface area contributed by atoms with Crippen molar-refractivity contribution in [1.29, 1.82) is 0 Å². The standard InChI is InChI=1S/C12H16BrNO/c13-10-3-4-11(14-8-10)7-12(9-15)5-1-2-6-12/h3-4,8,15H,1-2,5-7,9H2. The normalized spacial score (nSPS) is 19.3. The molecule has 1 aliphatic carbocycles. The second-order valence-electron chi connectivity index (χ2n) is 4.51. The molecule has 1 fully saturated rings. The predicted octanol–water partition coefficient (Wildman–Crippen LogP) is 2.94. The monoisotopic (exact) mass is 269 g/mol. The highest BCUT2D eigenvalue weighted by molar-refractivity contribution is 9.10. The van der Waals surface area contributed by atoms with E-state index in [9.17, 15) is 5.11 Å². The second kappa shape index (κ2) is 4.62. The average Bonchev–Trinajstić information content (AvgIpc) is 2.71. The van der Waals surface area contributed by atoms with Gasteiger partial charge < -0.3 is 5.11 Å². The van der Waals surface area contributed by atoms with E-state index in [0.29, 0.717) is 6.61 Å². The van der Waals surface area contributed by atoms with Gasteiger partial charge in [-0.05, 0) is 52.7 Å². The highest BCUT2D eigenvalue weighted by Gasteiger charge is 2.33. The molecular formula is C12H16BrNO. The van der Waals surface area contributed by atoms with Gasteiger partial charge >= 0.3 is 0 Å². The first-order chi connectivity index (χ1) is 7.24. The van der Waals surface area contributed by atoms with E-state index < -0.39 is 0 Å². The molecule has 1 aromatic rings. The van der Waals surface area contributed by atoms with E-state index in [0.717, 1.165) is 29.4 Å². The van der Waals surface area contributed by atoms with Crippen molar-refractivity contribution in [3.05, 3.63) is 28.5 Å². The van der Waals surface area contributed by atoms with Gasteiger partial charge in [0, 0.05) is 23.0 Å². The molecule has 1 aromatic heterocycles. The Balaban J connectivity index is 2.09. The lowest BCUT2D eigenvalue weighted by atomic mass is 9.82. The summed E-state index contributed by atoms with van der Waals surface area (Å²) in [6.07, 6.45) is 7.52. The fraction of sp³-hybridized carbons (Fsp3) is 0.583. The molecule has 0 bridgehead atoms. The Kier molecular flexibility index (Phi) is 3.42. The molecule has 0 unspecified atom stereocenters. The lowest BCUT2D eigenvalue weighted by Gasteiger charge is -2.25. The first-order valence-corrected chi connectivity index (χ1v) is 6.25. The first-order valence-electron chi connectivity index (χ1n) is 5.45. The molecule has 0 saturated heterocycles. The molecule has 2 nitrogen and oxygen atoms in total. The zero-order valence-electron chi connectivity index (χ0n) is 8.75. The fourth-order valence-corrected chi connectivity index (χ4v) is 2.65. The van der Waals surface area contributed by atoms with Crippen molar-refractivity contribution in [3.8, 4) is 0 Å². The van der Waals surface area contributed by atoms with E-state index in [1.807, 2.05) is 18.3 Å². The van der Waals surface area contributed by atoms with Crippen molar-refractivity contribution in [2.45, 2.75) is 32.1 Å². The van der Waals surface area contributed by atoms with Gasteiger partial charge in [0.05, 0.1) is 0 Å². The molecule has 0 spiro atoms. The molecule has 2 rings (SSSR count). The number of hydrogen-bond acceptors (Lipinski definition) is 2. The Morgan fingerprint density at radius 2 is 2.07 bits per heavy atom.